The molecule has 0 amide bonds. The Morgan fingerprint density at radius 1 is 1.29 bits per heavy atom. The van der Waals surface area contributed by atoms with Gasteiger partial charge in [-0.25, -0.2) is 8.42 Å². The lowest BCUT2D eigenvalue weighted by Crippen LogP contribution is -2.40. The summed E-state index contributed by atoms with van der Waals surface area (Å²) in [7, 11) is -4.21. The van der Waals surface area contributed by atoms with Crippen LogP contribution in [0, 0.1) is 13.8 Å². The van der Waals surface area contributed by atoms with E-state index in [1.165, 1.54) is 13.0 Å². The smallest absolute Gasteiger partial charge is 0.398 e. The van der Waals surface area contributed by atoms with Gasteiger partial charge in [0, 0.05) is 11.7 Å². The summed E-state index contributed by atoms with van der Waals surface area (Å²) in [4.78, 5) is -0.142. The van der Waals surface area contributed by atoms with E-state index in [1.54, 1.807) is 13.0 Å². The Kier molecular flexibility index (Phi) is 3.96. The summed E-state index contributed by atoms with van der Waals surface area (Å²) in [5.41, 5.74) is 6.87. The lowest BCUT2D eigenvalue weighted by Gasteiger charge is -2.24. The minimum Gasteiger partial charge on any atom is -0.398 e. The minimum absolute atomic E-state index is 0.142. The van der Waals surface area contributed by atoms with Gasteiger partial charge in [-0.3, -0.25) is 0 Å². The van der Waals surface area contributed by atoms with Crippen LogP contribution in [-0.4, -0.2) is 31.5 Å². The Hall–Kier alpha value is -1.28. The zero-order chi connectivity index (χ0) is 16.0. The number of halogens is 3. The summed E-state index contributed by atoms with van der Waals surface area (Å²) in [6.07, 6.45) is -3.66. The van der Waals surface area contributed by atoms with Crippen molar-refractivity contribution in [2.45, 2.75) is 43.8 Å². The number of benzene rings is 1. The fraction of sp³-hybridized carbons (Fsp3) is 0.538. The second kappa shape index (κ2) is 5.17. The molecule has 1 aromatic rings. The number of rotatable bonds is 4. The van der Waals surface area contributed by atoms with Gasteiger partial charge in [-0.15, -0.1) is 0 Å². The molecule has 8 heteroatoms. The number of hydrogen-bond donors (Lipinski definition) is 1. The monoisotopic (exact) mass is 322 g/mol. The summed E-state index contributed by atoms with van der Waals surface area (Å²) in [6.45, 7) is 1.69. The highest BCUT2D eigenvalue weighted by Crippen LogP contribution is 2.36. The highest BCUT2D eigenvalue weighted by Gasteiger charge is 2.45. The van der Waals surface area contributed by atoms with E-state index in [4.69, 9.17) is 5.73 Å². The third-order valence-corrected chi connectivity index (χ3v) is 5.45. The molecule has 0 spiro atoms. The van der Waals surface area contributed by atoms with Gasteiger partial charge < -0.3 is 5.73 Å². The molecule has 0 radical (unpaired) electrons. The fourth-order valence-corrected chi connectivity index (χ4v) is 4.21. The van der Waals surface area contributed by atoms with Gasteiger partial charge in [-0.2, -0.15) is 17.5 Å². The first-order valence-electron chi connectivity index (χ1n) is 6.47. The van der Waals surface area contributed by atoms with Gasteiger partial charge in [0.25, 0.3) is 0 Å². The molecule has 0 aromatic heterocycles. The Morgan fingerprint density at radius 2 is 1.86 bits per heavy atom. The Labute approximate surface area is 121 Å². The normalized spacial score (nSPS) is 16.5. The fourth-order valence-electron chi connectivity index (χ4n) is 2.20. The SMILES string of the molecule is Cc1cc(N)c(C)c(S(=O)(=O)N(CC(F)(F)F)C2CC2)c1. The number of nitrogens with zero attached hydrogens (tertiary/aromatic N) is 1. The van der Waals surface area contributed by atoms with Gasteiger partial charge in [0.1, 0.15) is 6.54 Å². The lowest BCUT2D eigenvalue weighted by atomic mass is 10.1. The second-order valence-electron chi connectivity index (χ2n) is 5.37. The molecule has 4 nitrogen and oxygen atoms in total. The molecule has 0 aliphatic heterocycles. The maximum Gasteiger partial charge on any atom is 0.402 e. The van der Waals surface area contributed by atoms with Crippen LogP contribution in [0.25, 0.3) is 0 Å². The number of hydrogen-bond acceptors (Lipinski definition) is 3. The average Bonchev–Trinajstić information content (AvgIpc) is 3.13. The maximum absolute atomic E-state index is 12.7. The molecule has 0 bridgehead atoms. The number of nitrogen functional groups attached to an aromatic ring is 1. The molecule has 1 aromatic carbocycles. The molecule has 2 rings (SSSR count). The molecular formula is C13H17F3N2O2S. The number of anilines is 1. The molecule has 0 heterocycles. The van der Waals surface area contributed by atoms with Crippen LogP contribution in [0.5, 0.6) is 0 Å². The number of nitrogens with two attached hydrogens (primary N) is 1. The first kappa shape index (κ1) is 16.1. The van der Waals surface area contributed by atoms with Crippen LogP contribution >= 0.6 is 0 Å². The molecule has 1 saturated carbocycles. The second-order valence-corrected chi connectivity index (χ2v) is 7.23. The summed E-state index contributed by atoms with van der Waals surface area (Å²) in [5.74, 6) is 0. The Balaban J connectivity index is 2.49. The first-order valence-corrected chi connectivity index (χ1v) is 7.91. The summed E-state index contributed by atoms with van der Waals surface area (Å²) in [6, 6.07) is 2.39. The summed E-state index contributed by atoms with van der Waals surface area (Å²) < 4.78 is 63.7. The van der Waals surface area contributed by atoms with E-state index in [-0.39, 0.29) is 16.1 Å². The molecule has 118 valence electrons. The van der Waals surface area contributed by atoms with Crippen molar-refractivity contribution in [1.82, 2.24) is 4.31 Å². The summed E-state index contributed by atoms with van der Waals surface area (Å²) >= 11 is 0. The molecule has 1 aliphatic carbocycles. The van der Waals surface area contributed by atoms with Crippen LogP contribution in [0.1, 0.15) is 24.0 Å². The van der Waals surface area contributed by atoms with E-state index in [0.717, 1.165) is 0 Å². The third kappa shape index (κ3) is 3.49. The highest BCUT2D eigenvalue weighted by molar-refractivity contribution is 7.89. The predicted molar refractivity (Wildman–Crippen MR) is 73.3 cm³/mol. The van der Waals surface area contributed by atoms with Crippen molar-refractivity contribution >= 4 is 15.7 Å². The van der Waals surface area contributed by atoms with Crippen molar-refractivity contribution < 1.29 is 21.6 Å². The quantitative estimate of drug-likeness (QED) is 0.867. The number of sulfonamides is 1. The average molecular weight is 322 g/mol. The lowest BCUT2D eigenvalue weighted by molar-refractivity contribution is -0.137. The van der Waals surface area contributed by atoms with E-state index in [9.17, 15) is 21.6 Å². The van der Waals surface area contributed by atoms with Crippen LogP contribution in [-0.2, 0) is 10.0 Å². The molecule has 0 unspecified atom stereocenters. The van der Waals surface area contributed by atoms with Crippen molar-refractivity contribution in [2.75, 3.05) is 12.3 Å². The van der Waals surface area contributed by atoms with Crippen LogP contribution in [0.15, 0.2) is 17.0 Å². The van der Waals surface area contributed by atoms with Gasteiger partial charge >= 0.3 is 6.18 Å². The zero-order valence-electron chi connectivity index (χ0n) is 11.7. The van der Waals surface area contributed by atoms with Crippen molar-refractivity contribution in [3.05, 3.63) is 23.3 Å². The Morgan fingerprint density at radius 3 is 2.33 bits per heavy atom. The number of alkyl halides is 3. The van der Waals surface area contributed by atoms with Crippen molar-refractivity contribution in [2.24, 2.45) is 0 Å². The van der Waals surface area contributed by atoms with Gasteiger partial charge in [-0.1, -0.05) is 0 Å². The van der Waals surface area contributed by atoms with E-state index >= 15 is 0 Å². The minimum atomic E-state index is -4.57. The standard InChI is InChI=1S/C13H17F3N2O2S/c1-8-5-11(17)9(2)12(6-8)21(19,20)18(10-3-4-10)7-13(14,15)16/h5-6,10H,3-4,7,17H2,1-2H3. The predicted octanol–water partition coefficient (Wildman–Crippen LogP) is 2.60. The molecule has 1 fully saturated rings. The topological polar surface area (TPSA) is 63.4 Å². The summed E-state index contributed by atoms with van der Waals surface area (Å²) in [5, 5.41) is 0. The molecule has 0 saturated heterocycles. The molecular weight excluding hydrogens is 305 g/mol. The van der Waals surface area contributed by atoms with Gasteiger partial charge in [0.2, 0.25) is 10.0 Å². The van der Waals surface area contributed by atoms with E-state index in [1.807, 2.05) is 0 Å². The van der Waals surface area contributed by atoms with E-state index in [0.29, 0.717) is 22.7 Å². The van der Waals surface area contributed by atoms with Crippen LogP contribution in [0.2, 0.25) is 0 Å². The van der Waals surface area contributed by atoms with E-state index < -0.39 is 28.8 Å². The number of aryl methyl sites for hydroxylation is 1. The molecule has 21 heavy (non-hydrogen) atoms. The molecule has 1 aliphatic rings. The van der Waals surface area contributed by atoms with Crippen LogP contribution in [0.3, 0.4) is 0 Å². The molecule has 0 atom stereocenters. The Bertz CT molecular complexity index is 652. The van der Waals surface area contributed by atoms with E-state index in [2.05, 4.69) is 0 Å². The third-order valence-electron chi connectivity index (χ3n) is 3.42. The van der Waals surface area contributed by atoms with Crippen LogP contribution < -0.4 is 5.73 Å². The molecule has 2 N–H and O–H groups in total. The largest absolute Gasteiger partial charge is 0.402 e. The highest BCUT2D eigenvalue weighted by atomic mass is 32.2. The van der Waals surface area contributed by atoms with Gasteiger partial charge in [0.05, 0.1) is 4.90 Å². The zero-order valence-corrected chi connectivity index (χ0v) is 12.6. The van der Waals surface area contributed by atoms with Crippen molar-refractivity contribution in [3.63, 3.8) is 0 Å². The van der Waals surface area contributed by atoms with Crippen LogP contribution in [0.4, 0.5) is 18.9 Å². The van der Waals surface area contributed by atoms with Gasteiger partial charge in [-0.05, 0) is 49.9 Å². The first-order chi connectivity index (χ1) is 9.52. The van der Waals surface area contributed by atoms with Gasteiger partial charge in [0.15, 0.2) is 0 Å². The van der Waals surface area contributed by atoms with Crippen molar-refractivity contribution in [1.29, 1.82) is 0 Å². The van der Waals surface area contributed by atoms with Crippen molar-refractivity contribution in [3.8, 4) is 0 Å². The maximum atomic E-state index is 12.7.